The summed E-state index contributed by atoms with van der Waals surface area (Å²) in [6.07, 6.45) is 1.64. The number of hydrogen-bond acceptors (Lipinski definition) is 5. The molecule has 1 rings (SSSR count). The summed E-state index contributed by atoms with van der Waals surface area (Å²) in [5.74, 6) is -0.299. The zero-order chi connectivity index (χ0) is 15.4. The van der Waals surface area contributed by atoms with E-state index in [4.69, 9.17) is 14.2 Å². The van der Waals surface area contributed by atoms with Crippen LogP contribution >= 0.6 is 0 Å². The summed E-state index contributed by atoms with van der Waals surface area (Å²) < 4.78 is 15.5. The molecule has 0 amide bonds. The molecule has 0 N–H and O–H groups in total. The van der Waals surface area contributed by atoms with Crippen LogP contribution in [0.15, 0.2) is 0 Å². The van der Waals surface area contributed by atoms with Gasteiger partial charge in [0.1, 0.15) is 0 Å². The number of esters is 2. The Labute approximate surface area is 121 Å². The first-order valence-corrected chi connectivity index (χ1v) is 7.10. The molecule has 0 aromatic rings. The average molecular weight is 286 g/mol. The summed E-state index contributed by atoms with van der Waals surface area (Å²) in [7, 11) is 2.75. The van der Waals surface area contributed by atoms with Gasteiger partial charge in [0.25, 0.3) is 0 Å². The molecule has 5 nitrogen and oxygen atoms in total. The lowest BCUT2D eigenvalue weighted by atomic mass is 9.65. The fourth-order valence-corrected chi connectivity index (χ4v) is 3.25. The minimum Gasteiger partial charge on any atom is -0.469 e. The lowest BCUT2D eigenvalue weighted by Gasteiger charge is -2.44. The summed E-state index contributed by atoms with van der Waals surface area (Å²) >= 11 is 0. The summed E-state index contributed by atoms with van der Waals surface area (Å²) in [5, 5.41) is 0. The van der Waals surface area contributed by atoms with Gasteiger partial charge >= 0.3 is 11.9 Å². The maximum atomic E-state index is 12.3. The van der Waals surface area contributed by atoms with Gasteiger partial charge in [-0.2, -0.15) is 0 Å². The Bertz CT molecular complexity index is 365. The maximum Gasteiger partial charge on any atom is 0.314 e. The van der Waals surface area contributed by atoms with Crippen LogP contribution in [0, 0.1) is 16.7 Å². The van der Waals surface area contributed by atoms with Crippen molar-refractivity contribution in [2.75, 3.05) is 27.4 Å². The Kier molecular flexibility index (Phi) is 5.57. The van der Waals surface area contributed by atoms with Crippen molar-refractivity contribution in [2.24, 2.45) is 16.7 Å². The molecule has 0 radical (unpaired) electrons. The van der Waals surface area contributed by atoms with Gasteiger partial charge in [-0.05, 0) is 25.2 Å². The summed E-state index contributed by atoms with van der Waals surface area (Å²) in [6.45, 7) is 6.61. The van der Waals surface area contributed by atoms with Crippen molar-refractivity contribution in [1.82, 2.24) is 0 Å². The molecule has 0 bridgehead atoms. The first kappa shape index (κ1) is 17.0. The molecule has 2 unspecified atom stereocenters. The zero-order valence-electron chi connectivity index (χ0n) is 13.2. The summed E-state index contributed by atoms with van der Waals surface area (Å²) in [5.41, 5.74) is -1.51. The molecule has 20 heavy (non-hydrogen) atoms. The van der Waals surface area contributed by atoms with E-state index in [1.807, 2.05) is 20.8 Å². The van der Waals surface area contributed by atoms with Crippen molar-refractivity contribution in [3.63, 3.8) is 0 Å². The average Bonchev–Trinajstić information content (AvgIpc) is 2.44. The SMILES string of the molecule is CCC1(C(=O)OC)COCC(CC(C)C)(C(=O)OC)C1. The quantitative estimate of drug-likeness (QED) is 0.725. The smallest absolute Gasteiger partial charge is 0.314 e. The van der Waals surface area contributed by atoms with Crippen LogP contribution in [0.25, 0.3) is 0 Å². The van der Waals surface area contributed by atoms with Crippen LogP contribution in [-0.2, 0) is 23.8 Å². The van der Waals surface area contributed by atoms with E-state index in [1.54, 1.807) is 0 Å². The van der Waals surface area contributed by atoms with Gasteiger partial charge in [0.05, 0.1) is 38.3 Å². The lowest BCUT2D eigenvalue weighted by molar-refractivity contribution is -0.185. The Hall–Kier alpha value is -1.10. The highest BCUT2D eigenvalue weighted by Gasteiger charge is 2.54. The third-order valence-corrected chi connectivity index (χ3v) is 4.15. The van der Waals surface area contributed by atoms with Crippen LogP contribution in [0.1, 0.15) is 40.0 Å². The van der Waals surface area contributed by atoms with Crippen molar-refractivity contribution in [2.45, 2.75) is 40.0 Å². The predicted molar refractivity (Wildman–Crippen MR) is 74.1 cm³/mol. The Morgan fingerprint density at radius 3 is 2.05 bits per heavy atom. The number of hydrogen-bond donors (Lipinski definition) is 0. The molecular weight excluding hydrogens is 260 g/mol. The van der Waals surface area contributed by atoms with Gasteiger partial charge in [0, 0.05) is 0 Å². The normalized spacial score (nSPS) is 30.1. The third kappa shape index (κ3) is 3.14. The largest absolute Gasteiger partial charge is 0.469 e. The molecule has 0 aromatic heterocycles. The van der Waals surface area contributed by atoms with Crippen molar-refractivity contribution in [1.29, 1.82) is 0 Å². The zero-order valence-corrected chi connectivity index (χ0v) is 13.2. The van der Waals surface area contributed by atoms with E-state index in [1.165, 1.54) is 14.2 Å². The van der Waals surface area contributed by atoms with Gasteiger partial charge < -0.3 is 14.2 Å². The lowest BCUT2D eigenvalue weighted by Crippen LogP contribution is -2.52. The van der Waals surface area contributed by atoms with Gasteiger partial charge in [-0.25, -0.2) is 0 Å². The number of carbonyl (C=O) groups is 2. The summed E-state index contributed by atoms with van der Waals surface area (Å²) in [4.78, 5) is 24.4. The highest BCUT2D eigenvalue weighted by atomic mass is 16.5. The van der Waals surface area contributed by atoms with Crippen LogP contribution in [0.5, 0.6) is 0 Å². The van der Waals surface area contributed by atoms with Gasteiger partial charge in [-0.1, -0.05) is 20.8 Å². The van der Waals surface area contributed by atoms with Crippen LogP contribution in [0.2, 0.25) is 0 Å². The topological polar surface area (TPSA) is 61.8 Å². The molecular formula is C15H26O5. The second kappa shape index (κ2) is 6.57. The second-order valence-electron chi connectivity index (χ2n) is 6.16. The van der Waals surface area contributed by atoms with Crippen molar-refractivity contribution in [3.8, 4) is 0 Å². The van der Waals surface area contributed by atoms with E-state index >= 15 is 0 Å². The monoisotopic (exact) mass is 286 g/mol. The molecule has 5 heteroatoms. The van der Waals surface area contributed by atoms with Crippen LogP contribution in [-0.4, -0.2) is 39.4 Å². The maximum absolute atomic E-state index is 12.3. The number of ether oxygens (including phenoxy) is 3. The van der Waals surface area contributed by atoms with E-state index in [2.05, 4.69) is 0 Å². The standard InChI is InChI=1S/C15H26O5/c1-6-14(12(16)18-4)8-15(7-11(2)3,10-20-9-14)13(17)19-5/h11H,6-10H2,1-5H3. The first-order chi connectivity index (χ1) is 9.35. The highest BCUT2D eigenvalue weighted by molar-refractivity contribution is 5.81. The summed E-state index contributed by atoms with van der Waals surface area (Å²) in [6, 6.07) is 0. The second-order valence-corrected chi connectivity index (χ2v) is 6.16. The number of rotatable bonds is 5. The Balaban J connectivity index is 3.13. The molecule has 1 fully saturated rings. The van der Waals surface area contributed by atoms with Crippen molar-refractivity contribution in [3.05, 3.63) is 0 Å². The van der Waals surface area contributed by atoms with E-state index in [-0.39, 0.29) is 11.9 Å². The van der Waals surface area contributed by atoms with Gasteiger partial charge in [0.2, 0.25) is 0 Å². The number of methoxy groups -OCH3 is 2. The van der Waals surface area contributed by atoms with Gasteiger partial charge in [-0.15, -0.1) is 0 Å². The molecule has 116 valence electrons. The third-order valence-electron chi connectivity index (χ3n) is 4.15. The minimum atomic E-state index is -0.759. The molecule has 2 atom stereocenters. The molecule has 1 aliphatic heterocycles. The predicted octanol–water partition coefficient (Wildman–Crippen LogP) is 2.18. The van der Waals surface area contributed by atoms with Crippen molar-refractivity contribution < 1.29 is 23.8 Å². The molecule has 0 aliphatic carbocycles. The molecule has 1 heterocycles. The number of carbonyl (C=O) groups excluding carboxylic acids is 2. The Morgan fingerprint density at radius 1 is 1.10 bits per heavy atom. The molecule has 0 saturated carbocycles. The first-order valence-electron chi connectivity index (χ1n) is 7.10. The molecule has 1 aliphatic rings. The highest BCUT2D eigenvalue weighted by Crippen LogP contribution is 2.46. The van der Waals surface area contributed by atoms with Crippen LogP contribution in [0.4, 0.5) is 0 Å². The fraction of sp³-hybridized carbons (Fsp3) is 0.867. The van der Waals surface area contributed by atoms with E-state index < -0.39 is 10.8 Å². The van der Waals surface area contributed by atoms with Crippen LogP contribution in [0.3, 0.4) is 0 Å². The fourth-order valence-electron chi connectivity index (χ4n) is 3.25. The van der Waals surface area contributed by atoms with E-state index in [0.717, 1.165) is 0 Å². The van der Waals surface area contributed by atoms with Gasteiger partial charge in [0.15, 0.2) is 0 Å². The van der Waals surface area contributed by atoms with Crippen LogP contribution < -0.4 is 0 Å². The van der Waals surface area contributed by atoms with Crippen molar-refractivity contribution >= 4 is 11.9 Å². The minimum absolute atomic E-state index is 0.298. The molecule has 1 saturated heterocycles. The van der Waals surface area contributed by atoms with Gasteiger partial charge in [-0.3, -0.25) is 9.59 Å². The molecule has 0 aromatic carbocycles. The Morgan fingerprint density at radius 2 is 1.60 bits per heavy atom. The van der Waals surface area contributed by atoms with E-state index in [0.29, 0.717) is 38.4 Å². The van der Waals surface area contributed by atoms with E-state index in [9.17, 15) is 9.59 Å². The molecule has 0 spiro atoms.